The minimum absolute atomic E-state index is 0.672. The first kappa shape index (κ1) is 19.2. The van der Waals surface area contributed by atoms with E-state index in [2.05, 4.69) is 44.6 Å². The van der Waals surface area contributed by atoms with E-state index in [0.717, 1.165) is 28.8 Å². The molecule has 0 unspecified atom stereocenters. The fourth-order valence-corrected chi connectivity index (χ4v) is 2.87. The number of benzene rings is 1. The van der Waals surface area contributed by atoms with Gasteiger partial charge in [-0.1, -0.05) is 12.1 Å². The van der Waals surface area contributed by atoms with E-state index in [4.69, 9.17) is 4.74 Å². The summed E-state index contributed by atoms with van der Waals surface area (Å²) in [5.74, 6) is 1.65. The first-order chi connectivity index (χ1) is 12.1. The average molecular weight is 362 g/mol. The highest BCUT2D eigenvalue weighted by Gasteiger charge is 2.03. The molecule has 2 N–H and O–H groups in total. The van der Waals surface area contributed by atoms with Crippen LogP contribution in [-0.4, -0.2) is 50.1 Å². The standard InChI is InChI=1S/C18H27N5OS/c1-14-11-20-17(25-14)13-22-18(19-2)21-12-15-6-5-7-16(10-15)24-9-8-23(3)4/h5-7,10-11H,8-9,12-13H2,1-4H3,(H2,19,21,22). The number of nitrogens with one attached hydrogen (secondary N) is 2. The Hall–Kier alpha value is -2.12. The topological polar surface area (TPSA) is 61.8 Å². The van der Waals surface area contributed by atoms with Crippen LogP contribution in [0.1, 0.15) is 15.4 Å². The van der Waals surface area contributed by atoms with Gasteiger partial charge in [-0.2, -0.15) is 0 Å². The Morgan fingerprint density at radius 3 is 2.76 bits per heavy atom. The fraction of sp³-hybridized carbons (Fsp3) is 0.444. The maximum absolute atomic E-state index is 5.78. The van der Waals surface area contributed by atoms with Gasteiger partial charge in [-0.05, 0) is 38.7 Å². The third-order valence-corrected chi connectivity index (χ3v) is 4.38. The number of aliphatic imine (C=N–C) groups is 1. The number of likely N-dealkylation sites (N-methyl/N-ethyl adjacent to an activating group) is 1. The molecule has 25 heavy (non-hydrogen) atoms. The van der Waals surface area contributed by atoms with Crippen LogP contribution in [0.4, 0.5) is 0 Å². The summed E-state index contributed by atoms with van der Waals surface area (Å²) in [6.45, 7) is 4.99. The van der Waals surface area contributed by atoms with Gasteiger partial charge >= 0.3 is 0 Å². The lowest BCUT2D eigenvalue weighted by Crippen LogP contribution is -2.36. The Labute approximate surface area is 154 Å². The summed E-state index contributed by atoms with van der Waals surface area (Å²) < 4.78 is 5.78. The van der Waals surface area contributed by atoms with Crippen molar-refractivity contribution in [3.05, 3.63) is 45.9 Å². The van der Waals surface area contributed by atoms with E-state index < -0.39 is 0 Å². The molecule has 0 aliphatic carbocycles. The summed E-state index contributed by atoms with van der Waals surface area (Å²) in [4.78, 5) is 11.9. The van der Waals surface area contributed by atoms with Crippen molar-refractivity contribution in [1.29, 1.82) is 0 Å². The lowest BCUT2D eigenvalue weighted by molar-refractivity contribution is 0.261. The number of aromatic nitrogens is 1. The number of hydrogen-bond acceptors (Lipinski definition) is 5. The van der Waals surface area contributed by atoms with Crippen molar-refractivity contribution in [3.63, 3.8) is 0 Å². The highest BCUT2D eigenvalue weighted by atomic mass is 32.1. The van der Waals surface area contributed by atoms with Gasteiger partial charge in [-0.15, -0.1) is 11.3 Å². The van der Waals surface area contributed by atoms with Gasteiger partial charge in [0, 0.05) is 31.2 Å². The van der Waals surface area contributed by atoms with Crippen molar-refractivity contribution in [1.82, 2.24) is 20.5 Å². The highest BCUT2D eigenvalue weighted by molar-refractivity contribution is 7.11. The van der Waals surface area contributed by atoms with Crippen LogP contribution in [-0.2, 0) is 13.1 Å². The number of thiazole rings is 1. The molecule has 2 aromatic rings. The number of guanidine groups is 1. The second kappa shape index (κ2) is 10.0. The lowest BCUT2D eigenvalue weighted by atomic mass is 10.2. The predicted molar refractivity (Wildman–Crippen MR) is 104 cm³/mol. The molecule has 2 rings (SSSR count). The monoisotopic (exact) mass is 361 g/mol. The summed E-state index contributed by atoms with van der Waals surface area (Å²) in [5.41, 5.74) is 1.15. The molecule has 1 heterocycles. The van der Waals surface area contributed by atoms with Crippen LogP contribution >= 0.6 is 11.3 Å². The zero-order valence-electron chi connectivity index (χ0n) is 15.4. The molecular formula is C18H27N5OS. The van der Waals surface area contributed by atoms with Crippen LogP contribution in [0.2, 0.25) is 0 Å². The fourth-order valence-electron chi connectivity index (χ4n) is 2.14. The summed E-state index contributed by atoms with van der Waals surface area (Å²) in [5, 5.41) is 7.65. The maximum atomic E-state index is 5.78. The van der Waals surface area contributed by atoms with Gasteiger partial charge in [-0.3, -0.25) is 4.99 Å². The van der Waals surface area contributed by atoms with Crippen molar-refractivity contribution in [2.24, 2.45) is 4.99 Å². The van der Waals surface area contributed by atoms with Gasteiger partial charge in [0.25, 0.3) is 0 Å². The van der Waals surface area contributed by atoms with E-state index in [1.54, 1.807) is 18.4 Å². The average Bonchev–Trinajstić information content (AvgIpc) is 3.00. The van der Waals surface area contributed by atoms with Crippen LogP contribution in [0.25, 0.3) is 0 Å². The Morgan fingerprint density at radius 2 is 2.08 bits per heavy atom. The second-order valence-electron chi connectivity index (χ2n) is 5.94. The molecule has 1 aromatic carbocycles. The molecule has 0 atom stereocenters. The lowest BCUT2D eigenvalue weighted by Gasteiger charge is -2.13. The predicted octanol–water partition coefficient (Wildman–Crippen LogP) is 2.26. The van der Waals surface area contributed by atoms with E-state index in [9.17, 15) is 0 Å². The van der Waals surface area contributed by atoms with Gasteiger partial charge in [-0.25, -0.2) is 4.98 Å². The molecule has 0 spiro atoms. The normalized spacial score (nSPS) is 11.6. The summed E-state index contributed by atoms with van der Waals surface area (Å²) in [7, 11) is 5.84. The molecule has 1 aromatic heterocycles. The Kier molecular flexibility index (Phi) is 7.69. The van der Waals surface area contributed by atoms with Crippen LogP contribution in [0, 0.1) is 6.92 Å². The van der Waals surface area contributed by atoms with Crippen molar-refractivity contribution in [3.8, 4) is 5.75 Å². The Balaban J connectivity index is 1.80. The quantitative estimate of drug-likeness (QED) is 0.558. The van der Waals surface area contributed by atoms with E-state index in [0.29, 0.717) is 19.7 Å². The molecule has 0 saturated carbocycles. The third kappa shape index (κ3) is 7.11. The molecule has 0 fully saturated rings. The first-order valence-electron chi connectivity index (χ1n) is 8.29. The van der Waals surface area contributed by atoms with Crippen molar-refractivity contribution in [2.75, 3.05) is 34.3 Å². The number of aryl methyl sites for hydroxylation is 1. The number of ether oxygens (including phenoxy) is 1. The molecule has 136 valence electrons. The number of hydrogen-bond donors (Lipinski definition) is 2. The molecule has 0 bridgehead atoms. The summed E-state index contributed by atoms with van der Waals surface area (Å²) >= 11 is 1.69. The maximum Gasteiger partial charge on any atom is 0.191 e. The van der Waals surface area contributed by atoms with E-state index >= 15 is 0 Å². The molecule has 7 heteroatoms. The first-order valence-corrected chi connectivity index (χ1v) is 9.11. The molecule has 0 amide bonds. The minimum atomic E-state index is 0.672. The smallest absolute Gasteiger partial charge is 0.191 e. The molecule has 0 saturated heterocycles. The molecule has 6 nitrogen and oxygen atoms in total. The largest absolute Gasteiger partial charge is 0.492 e. The van der Waals surface area contributed by atoms with Crippen LogP contribution in [0.5, 0.6) is 5.75 Å². The molecule has 0 aliphatic rings. The summed E-state index contributed by atoms with van der Waals surface area (Å²) in [6.07, 6.45) is 1.89. The Bertz CT molecular complexity index is 684. The zero-order chi connectivity index (χ0) is 18.1. The number of rotatable bonds is 8. The van der Waals surface area contributed by atoms with Crippen molar-refractivity contribution in [2.45, 2.75) is 20.0 Å². The molecular weight excluding hydrogens is 334 g/mol. The molecule has 0 radical (unpaired) electrons. The Morgan fingerprint density at radius 1 is 1.28 bits per heavy atom. The highest BCUT2D eigenvalue weighted by Crippen LogP contribution is 2.13. The van der Waals surface area contributed by atoms with Gasteiger partial charge in [0.1, 0.15) is 17.4 Å². The van der Waals surface area contributed by atoms with Crippen molar-refractivity contribution >= 4 is 17.3 Å². The van der Waals surface area contributed by atoms with Crippen LogP contribution in [0.15, 0.2) is 35.5 Å². The van der Waals surface area contributed by atoms with Gasteiger partial charge < -0.3 is 20.3 Å². The SMILES string of the molecule is CN=C(NCc1cccc(OCCN(C)C)c1)NCc1ncc(C)s1. The van der Waals surface area contributed by atoms with Gasteiger partial charge in [0.15, 0.2) is 5.96 Å². The zero-order valence-corrected chi connectivity index (χ0v) is 16.2. The molecule has 0 aliphatic heterocycles. The van der Waals surface area contributed by atoms with Crippen LogP contribution < -0.4 is 15.4 Å². The van der Waals surface area contributed by atoms with E-state index in [1.165, 1.54) is 4.88 Å². The third-order valence-electron chi connectivity index (χ3n) is 3.47. The summed E-state index contributed by atoms with van der Waals surface area (Å²) in [6, 6.07) is 8.12. The van der Waals surface area contributed by atoms with Gasteiger partial charge in [0.2, 0.25) is 0 Å². The van der Waals surface area contributed by atoms with E-state index in [-0.39, 0.29) is 0 Å². The van der Waals surface area contributed by atoms with Gasteiger partial charge in [0.05, 0.1) is 6.54 Å². The van der Waals surface area contributed by atoms with E-state index in [1.807, 2.05) is 32.4 Å². The minimum Gasteiger partial charge on any atom is -0.492 e. The van der Waals surface area contributed by atoms with Crippen molar-refractivity contribution < 1.29 is 4.74 Å². The number of nitrogens with zero attached hydrogens (tertiary/aromatic N) is 3. The second-order valence-corrected chi connectivity index (χ2v) is 7.26. The van der Waals surface area contributed by atoms with Crippen LogP contribution in [0.3, 0.4) is 0 Å².